The van der Waals surface area contributed by atoms with Gasteiger partial charge < -0.3 is 4.90 Å². The number of rotatable bonds is 7. The molecule has 0 unspecified atom stereocenters. The van der Waals surface area contributed by atoms with E-state index >= 15 is 0 Å². The van der Waals surface area contributed by atoms with Gasteiger partial charge in [-0.25, -0.2) is 4.79 Å². The average Bonchev–Trinajstić information content (AvgIpc) is 2.93. The number of urea groups is 1. The summed E-state index contributed by atoms with van der Waals surface area (Å²) < 4.78 is 4.50. The molecule has 0 aromatic carbocycles. The topological polar surface area (TPSA) is 39.7 Å². The highest BCUT2D eigenvalue weighted by atomic mass is 32.1. The van der Waals surface area contributed by atoms with Gasteiger partial charge in [-0.2, -0.15) is 4.37 Å². The predicted octanol–water partition coefficient (Wildman–Crippen LogP) is 3.63. The normalized spacial score (nSPS) is 16.6. The van der Waals surface area contributed by atoms with Crippen LogP contribution in [-0.4, -0.2) is 46.6 Å². The Morgan fingerprint density at radius 1 is 1.39 bits per heavy atom. The number of anilines is 1. The maximum absolute atomic E-state index is 12.9. The Morgan fingerprint density at radius 2 is 2.17 bits per heavy atom. The summed E-state index contributed by atoms with van der Waals surface area (Å²) in [6.07, 6.45) is 7.73. The predicted molar refractivity (Wildman–Crippen MR) is 96.9 cm³/mol. The van der Waals surface area contributed by atoms with E-state index in [1.165, 1.54) is 11.5 Å². The lowest BCUT2D eigenvalue weighted by atomic mass is 10.2. The second kappa shape index (κ2) is 8.26. The minimum Gasteiger partial charge on any atom is -0.308 e. The van der Waals surface area contributed by atoms with Gasteiger partial charge in [-0.05, 0) is 38.2 Å². The van der Waals surface area contributed by atoms with Gasteiger partial charge in [0.15, 0.2) is 0 Å². The van der Waals surface area contributed by atoms with Crippen LogP contribution < -0.4 is 4.90 Å². The van der Waals surface area contributed by atoms with Gasteiger partial charge in [0, 0.05) is 18.7 Å². The Balaban J connectivity index is 2.25. The lowest BCUT2D eigenvalue weighted by molar-refractivity contribution is 0.124. The molecule has 0 saturated carbocycles. The van der Waals surface area contributed by atoms with E-state index in [1.54, 1.807) is 0 Å². The summed E-state index contributed by atoms with van der Waals surface area (Å²) in [6.45, 7) is 12.7. The van der Waals surface area contributed by atoms with Crippen molar-refractivity contribution in [3.8, 4) is 0 Å². The van der Waals surface area contributed by atoms with E-state index in [2.05, 4.69) is 29.7 Å². The molecule has 2 amide bonds. The summed E-state index contributed by atoms with van der Waals surface area (Å²) in [6, 6.07) is 0.0624. The van der Waals surface area contributed by atoms with Crippen molar-refractivity contribution in [3.63, 3.8) is 0 Å². The standard InChI is InChI=1S/C17H26N4OS/c1-5-8-10-19-12-20(11-9-6-2)17(22)21(13-19)16-14(4)15(7-3)18-23-16/h5-6,9H,1,7-8,10-13H2,2-4H3. The zero-order valence-electron chi connectivity index (χ0n) is 14.3. The fourth-order valence-corrected chi connectivity index (χ4v) is 3.60. The summed E-state index contributed by atoms with van der Waals surface area (Å²) in [5.74, 6) is 0. The summed E-state index contributed by atoms with van der Waals surface area (Å²) in [5, 5.41) is 0.973. The van der Waals surface area contributed by atoms with Crippen LogP contribution in [0.5, 0.6) is 0 Å². The molecule has 23 heavy (non-hydrogen) atoms. The van der Waals surface area contributed by atoms with Crippen molar-refractivity contribution >= 4 is 22.6 Å². The van der Waals surface area contributed by atoms with Gasteiger partial charge >= 0.3 is 6.03 Å². The Kier molecular flexibility index (Phi) is 6.36. The molecule has 1 fully saturated rings. The van der Waals surface area contributed by atoms with Crippen LogP contribution in [-0.2, 0) is 6.42 Å². The molecule has 126 valence electrons. The fraction of sp³-hybridized carbons (Fsp3) is 0.529. The molecule has 1 aromatic rings. The van der Waals surface area contributed by atoms with Crippen molar-refractivity contribution in [1.29, 1.82) is 0 Å². The zero-order valence-corrected chi connectivity index (χ0v) is 15.1. The summed E-state index contributed by atoms with van der Waals surface area (Å²) in [4.78, 5) is 18.9. The zero-order chi connectivity index (χ0) is 16.8. The maximum Gasteiger partial charge on any atom is 0.327 e. The molecule has 1 aromatic heterocycles. The molecule has 0 atom stereocenters. The quantitative estimate of drug-likeness (QED) is 0.715. The van der Waals surface area contributed by atoms with Gasteiger partial charge in [-0.15, -0.1) is 6.58 Å². The largest absolute Gasteiger partial charge is 0.327 e. The molecular weight excluding hydrogens is 308 g/mol. The van der Waals surface area contributed by atoms with Crippen molar-refractivity contribution in [1.82, 2.24) is 14.2 Å². The molecule has 1 aliphatic rings. The third-order valence-electron chi connectivity index (χ3n) is 4.00. The molecule has 0 radical (unpaired) electrons. The second-order valence-corrected chi connectivity index (χ2v) is 6.42. The van der Waals surface area contributed by atoms with Gasteiger partial charge in [-0.3, -0.25) is 9.80 Å². The molecule has 1 saturated heterocycles. The molecule has 0 aliphatic carbocycles. The average molecular weight is 334 g/mol. The first kappa shape index (κ1) is 17.7. The van der Waals surface area contributed by atoms with E-state index in [4.69, 9.17) is 0 Å². The van der Waals surface area contributed by atoms with Crippen molar-refractivity contribution in [2.24, 2.45) is 0 Å². The SMILES string of the molecule is C=CCCN1CN(CC=CC)C(=O)N(c2snc(CC)c2C)C1. The summed E-state index contributed by atoms with van der Waals surface area (Å²) in [7, 11) is 0. The van der Waals surface area contributed by atoms with Crippen LogP contribution in [0.3, 0.4) is 0 Å². The smallest absolute Gasteiger partial charge is 0.308 e. The van der Waals surface area contributed by atoms with E-state index in [9.17, 15) is 4.79 Å². The van der Waals surface area contributed by atoms with Crippen LogP contribution >= 0.6 is 11.5 Å². The highest BCUT2D eigenvalue weighted by Gasteiger charge is 2.32. The second-order valence-electron chi connectivity index (χ2n) is 5.67. The summed E-state index contributed by atoms with van der Waals surface area (Å²) in [5.41, 5.74) is 2.21. The van der Waals surface area contributed by atoms with Crippen LogP contribution in [0.15, 0.2) is 24.8 Å². The first-order valence-corrected chi connectivity index (χ1v) is 8.85. The molecule has 0 spiro atoms. The molecule has 2 heterocycles. The van der Waals surface area contributed by atoms with Crippen molar-refractivity contribution < 1.29 is 4.79 Å². The third-order valence-corrected chi connectivity index (χ3v) is 5.01. The Hall–Kier alpha value is -1.66. The van der Waals surface area contributed by atoms with Crippen LogP contribution in [0.2, 0.25) is 0 Å². The highest BCUT2D eigenvalue weighted by Crippen LogP contribution is 2.31. The lowest BCUT2D eigenvalue weighted by Crippen LogP contribution is -2.58. The first-order chi connectivity index (χ1) is 11.1. The molecule has 2 rings (SSSR count). The van der Waals surface area contributed by atoms with Gasteiger partial charge in [0.25, 0.3) is 0 Å². The van der Waals surface area contributed by atoms with Crippen LogP contribution in [0, 0.1) is 6.92 Å². The van der Waals surface area contributed by atoms with E-state index in [0.29, 0.717) is 19.9 Å². The number of amides is 2. The van der Waals surface area contributed by atoms with Crippen molar-refractivity contribution in [3.05, 3.63) is 36.1 Å². The Bertz CT molecular complexity index is 581. The molecule has 6 heteroatoms. The molecular formula is C17H26N4OS. The van der Waals surface area contributed by atoms with E-state index in [0.717, 1.165) is 35.6 Å². The number of allylic oxidation sites excluding steroid dienone is 1. The van der Waals surface area contributed by atoms with Crippen LogP contribution in [0.4, 0.5) is 9.80 Å². The van der Waals surface area contributed by atoms with E-state index < -0.39 is 0 Å². The number of hydrogen-bond acceptors (Lipinski definition) is 4. The Labute approximate surface area is 143 Å². The molecule has 0 bridgehead atoms. The summed E-state index contributed by atoms with van der Waals surface area (Å²) >= 11 is 1.43. The van der Waals surface area contributed by atoms with Gasteiger partial charge in [0.2, 0.25) is 0 Å². The van der Waals surface area contributed by atoms with Crippen molar-refractivity contribution in [2.75, 3.05) is 31.3 Å². The fourth-order valence-electron chi connectivity index (χ4n) is 2.65. The molecule has 0 N–H and O–H groups in total. The minimum absolute atomic E-state index is 0.0624. The maximum atomic E-state index is 12.9. The lowest BCUT2D eigenvalue weighted by Gasteiger charge is -2.41. The third kappa shape index (κ3) is 4.00. The number of carbonyl (C=O) groups is 1. The van der Waals surface area contributed by atoms with E-state index in [-0.39, 0.29) is 6.03 Å². The van der Waals surface area contributed by atoms with Gasteiger partial charge in [-0.1, -0.05) is 25.2 Å². The number of hydrogen-bond donors (Lipinski definition) is 0. The van der Waals surface area contributed by atoms with Gasteiger partial charge in [0.1, 0.15) is 5.00 Å². The number of aryl methyl sites for hydroxylation is 1. The van der Waals surface area contributed by atoms with Crippen molar-refractivity contribution in [2.45, 2.75) is 33.6 Å². The minimum atomic E-state index is 0.0624. The van der Waals surface area contributed by atoms with Gasteiger partial charge in [0.05, 0.1) is 19.0 Å². The van der Waals surface area contributed by atoms with Crippen LogP contribution in [0.25, 0.3) is 0 Å². The molecule has 5 nitrogen and oxygen atoms in total. The number of aromatic nitrogens is 1. The highest BCUT2D eigenvalue weighted by molar-refractivity contribution is 7.10. The number of nitrogens with zero attached hydrogens (tertiary/aromatic N) is 4. The number of carbonyl (C=O) groups excluding carboxylic acids is 1. The Morgan fingerprint density at radius 3 is 2.78 bits per heavy atom. The van der Waals surface area contributed by atoms with Crippen LogP contribution in [0.1, 0.15) is 31.5 Å². The monoisotopic (exact) mass is 334 g/mol. The van der Waals surface area contributed by atoms with E-state index in [1.807, 2.05) is 35.0 Å². The first-order valence-electron chi connectivity index (χ1n) is 8.08. The molecule has 1 aliphatic heterocycles.